The predicted molar refractivity (Wildman–Crippen MR) is 151 cm³/mol. The topological polar surface area (TPSA) is 78.7 Å². The van der Waals surface area contributed by atoms with Crippen molar-refractivity contribution in [1.82, 2.24) is 0 Å². The molecule has 1 aliphatic rings. The monoisotopic (exact) mass is 589 g/mol. The number of halogens is 3. The molecule has 0 radical (unpaired) electrons. The molecular formula is C29H26F3NO5S2. The largest absolute Gasteiger partial charge is 0.494 e. The molecule has 6 nitrogen and oxygen atoms in total. The number of benzene rings is 2. The maximum Gasteiger partial charge on any atom is 0.416 e. The zero-order chi connectivity index (χ0) is 28.7. The molecule has 1 aromatic heterocycles. The molecule has 0 saturated carbocycles. The zero-order valence-corrected chi connectivity index (χ0v) is 23.2. The number of nitrogens with zero attached hydrogens (tertiary/aromatic N) is 1. The minimum atomic E-state index is -4.44. The van der Waals surface area contributed by atoms with Crippen LogP contribution in [-0.4, -0.2) is 17.3 Å². The van der Waals surface area contributed by atoms with Crippen molar-refractivity contribution in [3.05, 3.63) is 103 Å². The molecule has 0 bridgehead atoms. The second-order valence-corrected chi connectivity index (χ2v) is 11.0. The summed E-state index contributed by atoms with van der Waals surface area (Å²) in [5.41, 5.74) is 1.08. The fourth-order valence-corrected chi connectivity index (χ4v) is 6.01. The Balaban J connectivity index is 1.51. The van der Waals surface area contributed by atoms with Crippen molar-refractivity contribution in [3.63, 3.8) is 0 Å². The molecule has 2 heterocycles. The van der Waals surface area contributed by atoms with E-state index in [4.69, 9.17) is 9.47 Å². The number of hydrogen-bond acceptors (Lipinski definition) is 7. The van der Waals surface area contributed by atoms with Gasteiger partial charge in [0, 0.05) is 18.1 Å². The molecule has 0 aliphatic carbocycles. The first-order valence-corrected chi connectivity index (χ1v) is 14.2. The normalized spacial score (nSPS) is 13.9. The van der Waals surface area contributed by atoms with Crippen LogP contribution in [0, 0.1) is 10.1 Å². The Kier molecular flexibility index (Phi) is 9.70. The van der Waals surface area contributed by atoms with Gasteiger partial charge in [-0.3, -0.25) is 14.9 Å². The number of hydrogen-bond donors (Lipinski definition) is 0. The Bertz CT molecular complexity index is 1410. The zero-order valence-electron chi connectivity index (χ0n) is 21.5. The Morgan fingerprint density at radius 3 is 2.35 bits per heavy atom. The van der Waals surface area contributed by atoms with Gasteiger partial charge in [-0.25, -0.2) is 0 Å². The molecule has 0 N–H and O–H groups in total. The molecule has 210 valence electrons. The fourth-order valence-electron chi connectivity index (χ4n) is 4.06. The molecule has 0 spiro atoms. The van der Waals surface area contributed by atoms with Crippen LogP contribution in [0.5, 0.6) is 11.5 Å². The molecule has 0 atom stereocenters. The van der Waals surface area contributed by atoms with Crippen molar-refractivity contribution >= 4 is 39.5 Å². The van der Waals surface area contributed by atoms with E-state index in [0.29, 0.717) is 35.8 Å². The van der Waals surface area contributed by atoms with Gasteiger partial charge in [0.2, 0.25) is 0 Å². The standard InChI is InChI=1S/C29H26F3NO5S2/c1-2-37-21-13-9-19(10-14-21)24-7-3-5-23(6-4-8-25(34)26-17-18-27(40-26)33(35)36)39-28(24)38-22-15-11-20(12-16-22)29(30,31)32/h5,9-18H,2-4,6-8H2,1H3. The Labute approximate surface area is 237 Å². The molecule has 0 unspecified atom stereocenters. The van der Waals surface area contributed by atoms with E-state index in [9.17, 15) is 28.1 Å². The van der Waals surface area contributed by atoms with E-state index in [0.717, 1.165) is 51.7 Å². The number of thiophene rings is 1. The second-order valence-electron chi connectivity index (χ2n) is 8.83. The molecule has 2 aromatic carbocycles. The second kappa shape index (κ2) is 13.2. The van der Waals surface area contributed by atoms with Gasteiger partial charge in [-0.1, -0.05) is 41.3 Å². The summed E-state index contributed by atoms with van der Waals surface area (Å²) in [6.07, 6.45) is 0.371. The van der Waals surface area contributed by atoms with Gasteiger partial charge >= 0.3 is 11.2 Å². The first-order chi connectivity index (χ1) is 19.1. The van der Waals surface area contributed by atoms with Crippen LogP contribution in [0.3, 0.4) is 0 Å². The van der Waals surface area contributed by atoms with Gasteiger partial charge in [0.05, 0.1) is 22.0 Å². The number of allylic oxidation sites excluding steroid dienone is 3. The molecule has 40 heavy (non-hydrogen) atoms. The highest BCUT2D eigenvalue weighted by Gasteiger charge is 2.30. The van der Waals surface area contributed by atoms with Crippen molar-refractivity contribution in [2.45, 2.75) is 45.2 Å². The molecule has 0 saturated heterocycles. The summed E-state index contributed by atoms with van der Waals surface area (Å²) >= 11 is 2.27. The van der Waals surface area contributed by atoms with E-state index in [-0.39, 0.29) is 23.0 Å². The predicted octanol–water partition coefficient (Wildman–Crippen LogP) is 9.29. The number of thioether (sulfide) groups is 1. The average molecular weight is 590 g/mol. The van der Waals surface area contributed by atoms with Gasteiger partial charge in [-0.15, -0.1) is 0 Å². The molecule has 0 fully saturated rings. The van der Waals surface area contributed by atoms with E-state index < -0.39 is 16.7 Å². The molecule has 11 heteroatoms. The molecular weight excluding hydrogens is 563 g/mol. The summed E-state index contributed by atoms with van der Waals surface area (Å²) in [7, 11) is 0. The maximum absolute atomic E-state index is 13.0. The van der Waals surface area contributed by atoms with Crippen LogP contribution in [0.2, 0.25) is 0 Å². The number of rotatable bonds is 11. The summed E-state index contributed by atoms with van der Waals surface area (Å²) in [4.78, 5) is 24.3. The number of alkyl halides is 3. The van der Waals surface area contributed by atoms with Gasteiger partial charge in [0.1, 0.15) is 11.5 Å². The van der Waals surface area contributed by atoms with E-state index in [1.54, 1.807) is 0 Å². The van der Waals surface area contributed by atoms with E-state index in [1.807, 2.05) is 31.2 Å². The van der Waals surface area contributed by atoms with Crippen LogP contribution < -0.4 is 9.47 Å². The Morgan fingerprint density at radius 2 is 1.73 bits per heavy atom. The number of carbonyl (C=O) groups excluding carboxylic acids is 1. The first kappa shape index (κ1) is 29.4. The van der Waals surface area contributed by atoms with Gasteiger partial charge in [0.15, 0.2) is 10.9 Å². The van der Waals surface area contributed by atoms with Crippen LogP contribution >= 0.6 is 23.1 Å². The summed E-state index contributed by atoms with van der Waals surface area (Å²) < 4.78 is 50.9. The first-order valence-electron chi connectivity index (χ1n) is 12.6. The fraction of sp³-hybridized carbons (Fsp3) is 0.276. The van der Waals surface area contributed by atoms with Crippen molar-refractivity contribution < 1.29 is 32.4 Å². The third-order valence-corrected chi connectivity index (χ3v) is 8.24. The number of Topliss-reactive ketones (excluding diaryl/α,β-unsaturated/α-hetero) is 1. The molecule has 0 amide bonds. The maximum atomic E-state index is 13.0. The van der Waals surface area contributed by atoms with Gasteiger partial charge in [-0.2, -0.15) is 13.2 Å². The van der Waals surface area contributed by atoms with Gasteiger partial charge in [0.25, 0.3) is 0 Å². The van der Waals surface area contributed by atoms with Crippen molar-refractivity contribution in [1.29, 1.82) is 0 Å². The van der Waals surface area contributed by atoms with Crippen LogP contribution in [0.1, 0.15) is 59.8 Å². The van der Waals surface area contributed by atoms with E-state index in [2.05, 4.69) is 6.08 Å². The quantitative estimate of drug-likeness (QED) is 0.126. The highest BCUT2D eigenvalue weighted by atomic mass is 32.2. The van der Waals surface area contributed by atoms with E-state index >= 15 is 0 Å². The summed E-state index contributed by atoms with van der Waals surface area (Å²) in [5.74, 6) is 0.872. The van der Waals surface area contributed by atoms with Crippen LogP contribution in [0.15, 0.2) is 76.7 Å². The Morgan fingerprint density at radius 1 is 1.02 bits per heavy atom. The lowest BCUT2D eigenvalue weighted by Crippen LogP contribution is -2.04. The lowest BCUT2D eigenvalue weighted by molar-refractivity contribution is -0.380. The van der Waals surface area contributed by atoms with Crippen molar-refractivity contribution in [2.24, 2.45) is 0 Å². The minimum absolute atomic E-state index is 0.0672. The van der Waals surface area contributed by atoms with Crippen molar-refractivity contribution in [3.8, 4) is 11.5 Å². The lowest BCUT2D eigenvalue weighted by atomic mass is 10.0. The van der Waals surface area contributed by atoms with Crippen LogP contribution in [-0.2, 0) is 6.18 Å². The summed E-state index contributed by atoms with van der Waals surface area (Å²) in [6.45, 7) is 2.44. The number of carbonyl (C=O) groups is 1. The number of ether oxygens (including phenoxy) is 2. The molecule has 1 aliphatic heterocycles. The van der Waals surface area contributed by atoms with Crippen LogP contribution in [0.25, 0.3) is 5.57 Å². The van der Waals surface area contributed by atoms with Gasteiger partial charge in [-0.05, 0) is 85.5 Å². The number of ketones is 1. The smallest absolute Gasteiger partial charge is 0.416 e. The number of nitro groups is 1. The molecule has 3 aromatic rings. The van der Waals surface area contributed by atoms with E-state index in [1.165, 1.54) is 36.0 Å². The van der Waals surface area contributed by atoms with Gasteiger partial charge < -0.3 is 9.47 Å². The minimum Gasteiger partial charge on any atom is -0.494 e. The third-order valence-electron chi connectivity index (χ3n) is 6.02. The highest BCUT2D eigenvalue weighted by Crippen LogP contribution is 2.42. The molecule has 4 rings (SSSR count). The highest BCUT2D eigenvalue weighted by molar-refractivity contribution is 8.06. The summed E-state index contributed by atoms with van der Waals surface area (Å²) in [6, 6.07) is 15.0. The van der Waals surface area contributed by atoms with Crippen molar-refractivity contribution in [2.75, 3.05) is 6.61 Å². The summed E-state index contributed by atoms with van der Waals surface area (Å²) in [5, 5.41) is 11.4. The van der Waals surface area contributed by atoms with Crippen LogP contribution in [0.4, 0.5) is 18.2 Å². The lowest BCUT2D eigenvalue weighted by Gasteiger charge is -2.16. The SMILES string of the molecule is CCOc1ccc(C2=C(Oc3ccc(C(F)(F)F)cc3)SC(CCCC(=O)c3ccc([N+](=O)[O-])s3)=CCC2)cc1. The Hall–Kier alpha value is -3.57. The average Bonchev–Trinajstić information content (AvgIpc) is 3.34. The third kappa shape index (κ3) is 7.76.